The van der Waals surface area contributed by atoms with Crippen molar-refractivity contribution in [1.29, 1.82) is 0 Å². The lowest BCUT2D eigenvalue weighted by molar-refractivity contribution is 0.0401. The molecule has 1 atom stereocenters. The van der Waals surface area contributed by atoms with E-state index in [0.29, 0.717) is 0 Å². The number of benzene rings is 2. The highest BCUT2D eigenvalue weighted by atomic mass is 16.3. The zero-order valence-corrected chi connectivity index (χ0v) is 13.9. The summed E-state index contributed by atoms with van der Waals surface area (Å²) in [5, 5.41) is 9.97. The van der Waals surface area contributed by atoms with E-state index in [2.05, 4.69) is 29.2 Å². The highest BCUT2D eigenvalue weighted by Gasteiger charge is 2.37. The van der Waals surface area contributed by atoms with E-state index in [1.807, 2.05) is 17.9 Å². The van der Waals surface area contributed by atoms with Gasteiger partial charge in [-0.05, 0) is 42.2 Å². The Labute approximate surface area is 142 Å². The van der Waals surface area contributed by atoms with Crippen LogP contribution in [0.2, 0.25) is 0 Å². The third-order valence-corrected chi connectivity index (χ3v) is 5.32. The summed E-state index contributed by atoms with van der Waals surface area (Å²) in [6.07, 6.45) is 0.826. The highest BCUT2D eigenvalue weighted by molar-refractivity contribution is 5.97. The summed E-state index contributed by atoms with van der Waals surface area (Å²) in [4.78, 5) is 17.2. The third-order valence-electron chi connectivity index (χ3n) is 5.32. The zero-order valence-electron chi connectivity index (χ0n) is 13.9. The van der Waals surface area contributed by atoms with Crippen LogP contribution in [0.3, 0.4) is 0 Å². The van der Waals surface area contributed by atoms with Crippen LogP contribution in [-0.2, 0) is 13.0 Å². The smallest absolute Gasteiger partial charge is 0.254 e. The number of hydrogen-bond donors (Lipinski definition) is 1. The number of phenolic OH excluding ortho intramolecular Hbond substituents is 1. The van der Waals surface area contributed by atoms with E-state index in [1.54, 1.807) is 12.1 Å². The lowest BCUT2D eigenvalue weighted by atomic mass is 9.88. The SMILES string of the molecule is Cc1c(O)ccc2c1C[C@@H]1CN(Cc3ccccc3)CCN1C2=O. The number of carbonyl (C=O) groups is 1. The molecule has 4 heteroatoms. The van der Waals surface area contributed by atoms with Crippen LogP contribution in [0.5, 0.6) is 5.75 Å². The Morgan fingerprint density at radius 2 is 1.92 bits per heavy atom. The van der Waals surface area contributed by atoms with Gasteiger partial charge in [-0.25, -0.2) is 0 Å². The number of hydrogen-bond acceptors (Lipinski definition) is 3. The van der Waals surface area contributed by atoms with Crippen molar-refractivity contribution in [2.24, 2.45) is 0 Å². The zero-order chi connectivity index (χ0) is 16.7. The topological polar surface area (TPSA) is 43.8 Å². The third kappa shape index (κ3) is 2.57. The fraction of sp³-hybridized carbons (Fsp3) is 0.350. The molecule has 124 valence electrons. The van der Waals surface area contributed by atoms with Crippen LogP contribution >= 0.6 is 0 Å². The number of rotatable bonds is 2. The van der Waals surface area contributed by atoms with Gasteiger partial charge in [-0.15, -0.1) is 0 Å². The first kappa shape index (κ1) is 15.2. The molecule has 1 saturated heterocycles. The van der Waals surface area contributed by atoms with E-state index >= 15 is 0 Å². The van der Waals surface area contributed by atoms with E-state index in [4.69, 9.17) is 0 Å². The highest BCUT2D eigenvalue weighted by Crippen LogP contribution is 2.32. The predicted molar refractivity (Wildman–Crippen MR) is 93.1 cm³/mol. The van der Waals surface area contributed by atoms with Gasteiger partial charge in [0.05, 0.1) is 0 Å². The lowest BCUT2D eigenvalue weighted by Crippen LogP contribution is -2.57. The molecule has 24 heavy (non-hydrogen) atoms. The van der Waals surface area contributed by atoms with Gasteiger partial charge in [0.15, 0.2) is 0 Å². The van der Waals surface area contributed by atoms with Gasteiger partial charge in [0.2, 0.25) is 0 Å². The molecule has 2 aliphatic rings. The van der Waals surface area contributed by atoms with Crippen LogP contribution in [-0.4, -0.2) is 46.5 Å². The van der Waals surface area contributed by atoms with Gasteiger partial charge in [-0.3, -0.25) is 9.69 Å². The molecule has 0 bridgehead atoms. The van der Waals surface area contributed by atoms with Crippen LogP contribution in [0.25, 0.3) is 0 Å². The Kier molecular flexibility index (Phi) is 3.77. The van der Waals surface area contributed by atoms with Crippen LogP contribution < -0.4 is 0 Å². The molecule has 2 heterocycles. The average Bonchev–Trinajstić information content (AvgIpc) is 2.59. The molecule has 1 N–H and O–H groups in total. The van der Waals surface area contributed by atoms with Crippen molar-refractivity contribution in [3.63, 3.8) is 0 Å². The second-order valence-electron chi connectivity index (χ2n) is 6.81. The van der Waals surface area contributed by atoms with Crippen molar-refractivity contribution >= 4 is 5.91 Å². The van der Waals surface area contributed by atoms with Crippen LogP contribution in [0.1, 0.15) is 27.0 Å². The van der Waals surface area contributed by atoms with Crippen LogP contribution in [0.15, 0.2) is 42.5 Å². The molecule has 1 amide bonds. The molecule has 0 aliphatic carbocycles. The Balaban J connectivity index is 1.56. The van der Waals surface area contributed by atoms with Crippen molar-refractivity contribution in [3.05, 3.63) is 64.7 Å². The second kappa shape index (κ2) is 5.95. The molecular formula is C20H22N2O2. The minimum atomic E-state index is 0.115. The molecular weight excluding hydrogens is 300 g/mol. The van der Waals surface area contributed by atoms with E-state index in [-0.39, 0.29) is 17.7 Å². The maximum absolute atomic E-state index is 12.8. The molecule has 0 saturated carbocycles. The minimum absolute atomic E-state index is 0.115. The van der Waals surface area contributed by atoms with Gasteiger partial charge >= 0.3 is 0 Å². The number of fused-ring (bicyclic) bond motifs is 2. The van der Waals surface area contributed by atoms with E-state index < -0.39 is 0 Å². The second-order valence-corrected chi connectivity index (χ2v) is 6.81. The minimum Gasteiger partial charge on any atom is -0.508 e. The normalized spacial score (nSPS) is 20.6. The Bertz CT molecular complexity index is 773. The Morgan fingerprint density at radius 1 is 1.12 bits per heavy atom. The van der Waals surface area contributed by atoms with Crippen LogP contribution in [0, 0.1) is 6.92 Å². The quantitative estimate of drug-likeness (QED) is 0.924. The molecule has 0 aromatic heterocycles. The van der Waals surface area contributed by atoms with Gasteiger partial charge in [0.25, 0.3) is 5.91 Å². The first-order valence-corrected chi connectivity index (χ1v) is 8.52. The fourth-order valence-corrected chi connectivity index (χ4v) is 3.95. The van der Waals surface area contributed by atoms with Crippen molar-refractivity contribution in [2.75, 3.05) is 19.6 Å². The van der Waals surface area contributed by atoms with Gasteiger partial charge < -0.3 is 10.0 Å². The fourth-order valence-electron chi connectivity index (χ4n) is 3.95. The summed E-state index contributed by atoms with van der Waals surface area (Å²) in [5.41, 5.74) is 3.93. The van der Waals surface area contributed by atoms with Gasteiger partial charge in [-0.2, -0.15) is 0 Å². The van der Waals surface area contributed by atoms with Crippen molar-refractivity contribution in [1.82, 2.24) is 9.80 Å². The molecule has 4 rings (SSSR count). The van der Waals surface area contributed by atoms with E-state index in [1.165, 1.54) is 5.56 Å². The molecule has 2 aliphatic heterocycles. The van der Waals surface area contributed by atoms with Gasteiger partial charge in [0.1, 0.15) is 5.75 Å². The summed E-state index contributed by atoms with van der Waals surface area (Å²) in [6.45, 7) is 5.39. The summed E-state index contributed by atoms with van der Waals surface area (Å²) in [5.74, 6) is 0.399. The summed E-state index contributed by atoms with van der Waals surface area (Å²) < 4.78 is 0. The monoisotopic (exact) mass is 322 g/mol. The molecule has 0 radical (unpaired) electrons. The van der Waals surface area contributed by atoms with Gasteiger partial charge in [-0.1, -0.05) is 30.3 Å². The summed E-state index contributed by atoms with van der Waals surface area (Å²) in [7, 11) is 0. The van der Waals surface area contributed by atoms with E-state index in [9.17, 15) is 9.90 Å². The Hall–Kier alpha value is -2.33. The number of phenols is 1. The number of carbonyl (C=O) groups excluding carboxylic acids is 1. The molecule has 0 unspecified atom stereocenters. The van der Waals surface area contributed by atoms with Crippen LogP contribution in [0.4, 0.5) is 0 Å². The van der Waals surface area contributed by atoms with Crippen molar-refractivity contribution < 1.29 is 9.90 Å². The number of amides is 1. The predicted octanol–water partition coefficient (Wildman–Crippen LogP) is 2.58. The van der Waals surface area contributed by atoms with Gasteiger partial charge in [0, 0.05) is 37.8 Å². The average molecular weight is 322 g/mol. The van der Waals surface area contributed by atoms with E-state index in [0.717, 1.165) is 49.3 Å². The standard InChI is InChI=1S/C20H22N2O2/c1-14-18-11-16-13-21(12-15-5-3-2-4-6-15)9-10-22(16)20(24)17(18)7-8-19(14)23/h2-8,16,23H,9-13H2,1H3/t16-/m1/s1. The maximum atomic E-state index is 12.8. The Morgan fingerprint density at radius 3 is 2.71 bits per heavy atom. The number of nitrogens with zero attached hydrogens (tertiary/aromatic N) is 2. The molecule has 0 spiro atoms. The lowest BCUT2D eigenvalue weighted by Gasteiger charge is -2.44. The van der Waals surface area contributed by atoms with Crippen molar-refractivity contribution in [2.45, 2.75) is 25.9 Å². The number of piperazine rings is 1. The molecule has 1 fully saturated rings. The first-order valence-electron chi connectivity index (χ1n) is 8.52. The first-order chi connectivity index (χ1) is 11.6. The summed E-state index contributed by atoms with van der Waals surface area (Å²) in [6, 6.07) is 14.1. The molecule has 2 aromatic carbocycles. The molecule has 2 aromatic rings. The summed E-state index contributed by atoms with van der Waals surface area (Å²) >= 11 is 0. The maximum Gasteiger partial charge on any atom is 0.254 e. The largest absolute Gasteiger partial charge is 0.508 e. The number of aromatic hydroxyl groups is 1. The van der Waals surface area contributed by atoms with Crippen molar-refractivity contribution in [3.8, 4) is 5.75 Å². The molecule has 4 nitrogen and oxygen atoms in total.